The lowest BCUT2D eigenvalue weighted by Gasteiger charge is -2.22. The Morgan fingerprint density at radius 3 is 2.50 bits per heavy atom. The van der Waals surface area contributed by atoms with Crippen LogP contribution < -0.4 is 10.2 Å². The summed E-state index contributed by atoms with van der Waals surface area (Å²) in [6, 6.07) is 19.3. The van der Waals surface area contributed by atoms with Gasteiger partial charge in [0.1, 0.15) is 5.82 Å². The lowest BCUT2D eigenvalue weighted by atomic mass is 10.2. The number of aromatic nitrogens is 2. The maximum atomic E-state index is 12.0. The van der Waals surface area contributed by atoms with Crippen molar-refractivity contribution >= 4 is 23.4 Å². The van der Waals surface area contributed by atoms with Crippen LogP contribution in [-0.4, -0.2) is 29.6 Å². The first-order chi connectivity index (χ1) is 13.6. The smallest absolute Gasteiger partial charge is 0.339 e. The average Bonchev–Trinajstić information content (AvgIpc) is 2.72. The maximum absolute atomic E-state index is 12.0. The Kier molecular flexibility index (Phi) is 6.22. The number of para-hydroxylation sites is 1. The molecule has 0 radical (unpaired) electrons. The van der Waals surface area contributed by atoms with Gasteiger partial charge < -0.3 is 15.0 Å². The van der Waals surface area contributed by atoms with Gasteiger partial charge in [0, 0.05) is 24.8 Å². The van der Waals surface area contributed by atoms with Crippen molar-refractivity contribution in [1.29, 1.82) is 0 Å². The third kappa shape index (κ3) is 4.65. The molecule has 6 heteroatoms. The van der Waals surface area contributed by atoms with Gasteiger partial charge in [0.25, 0.3) is 0 Å². The van der Waals surface area contributed by atoms with Crippen molar-refractivity contribution in [3.05, 3.63) is 77.5 Å². The van der Waals surface area contributed by atoms with Crippen LogP contribution in [0, 0.1) is 6.92 Å². The highest BCUT2D eigenvalue weighted by atomic mass is 16.5. The van der Waals surface area contributed by atoms with E-state index in [1.54, 1.807) is 12.1 Å². The quantitative estimate of drug-likeness (QED) is 0.619. The van der Waals surface area contributed by atoms with Crippen LogP contribution in [-0.2, 0) is 11.3 Å². The first-order valence-corrected chi connectivity index (χ1v) is 9.19. The summed E-state index contributed by atoms with van der Waals surface area (Å²) in [5, 5.41) is 3.23. The number of hydrogen-bond acceptors (Lipinski definition) is 6. The van der Waals surface area contributed by atoms with E-state index in [-0.39, 0.29) is 0 Å². The van der Waals surface area contributed by atoms with Crippen LogP contribution in [0.1, 0.15) is 28.5 Å². The second-order valence-electron chi connectivity index (χ2n) is 6.36. The van der Waals surface area contributed by atoms with E-state index >= 15 is 0 Å². The molecule has 1 heterocycles. The van der Waals surface area contributed by atoms with Gasteiger partial charge in [-0.05, 0) is 31.5 Å². The fourth-order valence-corrected chi connectivity index (χ4v) is 2.90. The van der Waals surface area contributed by atoms with E-state index in [0.717, 1.165) is 18.8 Å². The van der Waals surface area contributed by atoms with E-state index in [4.69, 9.17) is 4.74 Å². The minimum absolute atomic E-state index is 0.395. The van der Waals surface area contributed by atoms with Crippen LogP contribution >= 0.6 is 0 Å². The minimum Gasteiger partial charge on any atom is -0.465 e. The molecular weight excluding hydrogens is 352 g/mol. The number of nitrogens with one attached hydrogen (secondary N) is 1. The molecule has 1 N–H and O–H groups in total. The van der Waals surface area contributed by atoms with E-state index in [2.05, 4.69) is 39.2 Å². The fraction of sp³-hybridized carbons (Fsp3) is 0.227. The number of aryl methyl sites for hydroxylation is 1. The molecule has 144 valence electrons. The highest BCUT2D eigenvalue weighted by Crippen LogP contribution is 2.23. The number of methoxy groups -OCH3 is 1. The summed E-state index contributed by atoms with van der Waals surface area (Å²) in [5.74, 6) is 0.878. The molecule has 0 bridgehead atoms. The molecule has 0 aliphatic heterocycles. The summed E-state index contributed by atoms with van der Waals surface area (Å²) < 4.78 is 4.86. The SMILES string of the molecule is CCN(Cc1ccccc1)c1nc(C)cc(Nc2ccccc2C(=O)OC)n1. The van der Waals surface area contributed by atoms with Crippen LogP contribution in [0.25, 0.3) is 0 Å². The van der Waals surface area contributed by atoms with E-state index < -0.39 is 5.97 Å². The number of esters is 1. The molecule has 6 nitrogen and oxygen atoms in total. The van der Waals surface area contributed by atoms with Crippen molar-refractivity contribution in [3.63, 3.8) is 0 Å². The van der Waals surface area contributed by atoms with Crippen molar-refractivity contribution in [3.8, 4) is 0 Å². The molecule has 0 amide bonds. The second kappa shape index (κ2) is 8.99. The highest BCUT2D eigenvalue weighted by Gasteiger charge is 2.14. The molecule has 0 saturated carbocycles. The summed E-state index contributed by atoms with van der Waals surface area (Å²) in [6.07, 6.45) is 0. The van der Waals surface area contributed by atoms with E-state index in [0.29, 0.717) is 23.0 Å². The van der Waals surface area contributed by atoms with Crippen LogP contribution in [0.4, 0.5) is 17.5 Å². The van der Waals surface area contributed by atoms with Crippen molar-refractivity contribution in [2.75, 3.05) is 23.9 Å². The fourth-order valence-electron chi connectivity index (χ4n) is 2.90. The molecule has 2 aromatic carbocycles. The van der Waals surface area contributed by atoms with Gasteiger partial charge in [-0.15, -0.1) is 0 Å². The van der Waals surface area contributed by atoms with E-state index in [1.807, 2.05) is 43.3 Å². The first kappa shape index (κ1) is 19.4. The van der Waals surface area contributed by atoms with Crippen LogP contribution in [0.5, 0.6) is 0 Å². The number of ether oxygens (including phenoxy) is 1. The number of hydrogen-bond donors (Lipinski definition) is 1. The zero-order valence-electron chi connectivity index (χ0n) is 16.3. The summed E-state index contributed by atoms with van der Waals surface area (Å²) in [4.78, 5) is 23.4. The van der Waals surface area contributed by atoms with Gasteiger partial charge >= 0.3 is 5.97 Å². The molecule has 28 heavy (non-hydrogen) atoms. The van der Waals surface area contributed by atoms with Crippen LogP contribution in [0.3, 0.4) is 0 Å². The van der Waals surface area contributed by atoms with Crippen molar-refractivity contribution in [1.82, 2.24) is 9.97 Å². The lowest BCUT2D eigenvalue weighted by Crippen LogP contribution is -2.24. The Labute approximate surface area is 165 Å². The number of nitrogens with zero attached hydrogens (tertiary/aromatic N) is 3. The van der Waals surface area contributed by atoms with Gasteiger partial charge in [-0.3, -0.25) is 0 Å². The predicted octanol–water partition coefficient (Wildman–Crippen LogP) is 4.34. The lowest BCUT2D eigenvalue weighted by molar-refractivity contribution is 0.0602. The Balaban J connectivity index is 1.88. The minimum atomic E-state index is -0.395. The Bertz CT molecular complexity index is 944. The summed E-state index contributed by atoms with van der Waals surface area (Å²) in [7, 11) is 1.37. The van der Waals surface area contributed by atoms with Crippen LogP contribution in [0.15, 0.2) is 60.7 Å². The standard InChI is InChI=1S/C22H24N4O2/c1-4-26(15-17-10-6-5-7-11-17)22-23-16(2)14-20(25-22)24-19-13-9-8-12-18(19)21(27)28-3/h5-14H,4,15H2,1-3H3,(H,23,24,25). The molecule has 0 fully saturated rings. The molecule has 0 atom stereocenters. The average molecular weight is 376 g/mol. The van der Waals surface area contributed by atoms with Crippen molar-refractivity contribution in [2.24, 2.45) is 0 Å². The topological polar surface area (TPSA) is 67.4 Å². The van der Waals surface area contributed by atoms with E-state index in [1.165, 1.54) is 12.7 Å². The second-order valence-corrected chi connectivity index (χ2v) is 6.36. The molecule has 0 unspecified atom stereocenters. The normalized spacial score (nSPS) is 10.4. The van der Waals surface area contributed by atoms with Gasteiger partial charge in [0.05, 0.1) is 18.4 Å². The molecule has 3 rings (SSSR count). The number of carbonyl (C=O) groups is 1. The zero-order chi connectivity index (χ0) is 19.9. The molecule has 1 aromatic heterocycles. The maximum Gasteiger partial charge on any atom is 0.339 e. The first-order valence-electron chi connectivity index (χ1n) is 9.19. The van der Waals surface area contributed by atoms with Gasteiger partial charge in [-0.25, -0.2) is 9.78 Å². The summed E-state index contributed by atoms with van der Waals surface area (Å²) >= 11 is 0. The number of benzene rings is 2. The van der Waals surface area contributed by atoms with Gasteiger partial charge in [-0.2, -0.15) is 4.98 Å². The van der Waals surface area contributed by atoms with E-state index in [9.17, 15) is 4.79 Å². The van der Waals surface area contributed by atoms with Gasteiger partial charge in [-0.1, -0.05) is 42.5 Å². The predicted molar refractivity (Wildman–Crippen MR) is 111 cm³/mol. The summed E-state index contributed by atoms with van der Waals surface area (Å²) in [5.41, 5.74) is 3.14. The summed E-state index contributed by atoms with van der Waals surface area (Å²) in [6.45, 7) is 5.50. The molecule has 0 aliphatic carbocycles. The van der Waals surface area contributed by atoms with Crippen molar-refractivity contribution < 1.29 is 9.53 Å². The number of anilines is 3. The van der Waals surface area contributed by atoms with Crippen molar-refractivity contribution in [2.45, 2.75) is 20.4 Å². The molecular formula is C22H24N4O2. The number of rotatable bonds is 7. The number of carbonyl (C=O) groups excluding carboxylic acids is 1. The molecule has 0 saturated heterocycles. The highest BCUT2D eigenvalue weighted by molar-refractivity contribution is 5.96. The Hall–Kier alpha value is -3.41. The van der Waals surface area contributed by atoms with Gasteiger partial charge in [0.15, 0.2) is 0 Å². The third-order valence-corrected chi connectivity index (χ3v) is 4.32. The molecule has 3 aromatic rings. The van der Waals surface area contributed by atoms with Gasteiger partial charge in [0.2, 0.25) is 5.95 Å². The molecule has 0 aliphatic rings. The zero-order valence-corrected chi connectivity index (χ0v) is 16.3. The van der Waals surface area contributed by atoms with Crippen LogP contribution in [0.2, 0.25) is 0 Å². The monoisotopic (exact) mass is 376 g/mol. The Morgan fingerprint density at radius 1 is 1.07 bits per heavy atom. The largest absolute Gasteiger partial charge is 0.465 e. The third-order valence-electron chi connectivity index (χ3n) is 4.32. The Morgan fingerprint density at radius 2 is 1.79 bits per heavy atom. The molecule has 0 spiro atoms.